The molecule has 0 heterocycles. The maximum absolute atomic E-state index is 10.0. The molecule has 5 nitrogen and oxygen atoms in total. The van der Waals surface area contributed by atoms with E-state index in [9.17, 15) is 9.59 Å². The molecule has 0 aromatic carbocycles. The summed E-state index contributed by atoms with van der Waals surface area (Å²) in [6.07, 6.45) is 3.44. The molecule has 0 spiro atoms. The van der Waals surface area contributed by atoms with Gasteiger partial charge in [-0.15, -0.1) is 0 Å². The summed E-state index contributed by atoms with van der Waals surface area (Å²) in [7, 11) is 0. The van der Waals surface area contributed by atoms with Gasteiger partial charge in [-0.05, 0) is 26.7 Å². The molecule has 0 aliphatic heterocycles. The van der Waals surface area contributed by atoms with Gasteiger partial charge in [-0.2, -0.15) is 0 Å². The summed E-state index contributed by atoms with van der Waals surface area (Å²) in [5.41, 5.74) is 0. The second-order valence-electron chi connectivity index (χ2n) is 3.11. The SMILES string of the molecule is CCCC(C)=O.CCCC(C)=O.[O]=[Mo](=[O])=[O]. The van der Waals surface area contributed by atoms with Crippen LogP contribution in [0.15, 0.2) is 0 Å². The third-order valence-corrected chi connectivity index (χ3v) is 1.20. The molecule has 0 atom stereocenters. The van der Waals surface area contributed by atoms with Crippen molar-refractivity contribution >= 4 is 11.6 Å². The monoisotopic (exact) mass is 318 g/mol. The van der Waals surface area contributed by atoms with Crippen molar-refractivity contribution < 1.29 is 37.0 Å². The second kappa shape index (κ2) is 16.8. The molecule has 0 aliphatic rings. The zero-order chi connectivity index (χ0) is 13.6. The van der Waals surface area contributed by atoms with Gasteiger partial charge < -0.3 is 9.59 Å². The van der Waals surface area contributed by atoms with Gasteiger partial charge in [0.1, 0.15) is 11.6 Å². The molecule has 0 radical (unpaired) electrons. The molecule has 0 fully saturated rings. The Morgan fingerprint density at radius 3 is 1.00 bits per heavy atom. The van der Waals surface area contributed by atoms with E-state index in [1.165, 1.54) is 0 Å². The summed E-state index contributed by atoms with van der Waals surface area (Å²) in [6.45, 7) is 7.23. The standard InChI is InChI=1S/2C5H10O.Mo.3O/c2*1-3-4-5(2)6;;;;/h2*3-4H2,1-2H3;;;;. The molecule has 0 aliphatic carbocycles. The minimum absolute atomic E-state index is 0.289. The molecule has 0 aromatic heterocycles. The first kappa shape index (κ1) is 20.8. The van der Waals surface area contributed by atoms with E-state index in [1.807, 2.05) is 13.8 Å². The molecular weight excluding hydrogens is 296 g/mol. The van der Waals surface area contributed by atoms with Crippen LogP contribution in [0.1, 0.15) is 53.4 Å². The molecule has 0 bridgehead atoms. The Labute approximate surface area is 102 Å². The van der Waals surface area contributed by atoms with E-state index in [4.69, 9.17) is 10.2 Å². The van der Waals surface area contributed by atoms with Gasteiger partial charge in [0.2, 0.25) is 0 Å². The van der Waals surface area contributed by atoms with Gasteiger partial charge in [0.15, 0.2) is 0 Å². The molecule has 0 unspecified atom stereocenters. The average Bonchev–Trinajstić information content (AvgIpc) is 2.02. The van der Waals surface area contributed by atoms with E-state index in [-0.39, 0.29) is 11.6 Å². The number of Topliss-reactive ketones (excluding diaryl/α,β-unsaturated/α-hetero) is 2. The van der Waals surface area contributed by atoms with E-state index in [0.717, 1.165) is 25.7 Å². The van der Waals surface area contributed by atoms with Crippen LogP contribution in [0.5, 0.6) is 0 Å². The van der Waals surface area contributed by atoms with Gasteiger partial charge in [-0.3, -0.25) is 0 Å². The van der Waals surface area contributed by atoms with Crippen LogP contribution in [0.3, 0.4) is 0 Å². The summed E-state index contributed by atoms with van der Waals surface area (Å²) >= 11 is -4.11. The van der Waals surface area contributed by atoms with E-state index in [0.29, 0.717) is 0 Å². The Bertz CT molecular complexity index is 255. The number of carbonyl (C=O) groups is 2. The van der Waals surface area contributed by atoms with Crippen LogP contribution in [0.2, 0.25) is 0 Å². The quantitative estimate of drug-likeness (QED) is 0.743. The molecule has 16 heavy (non-hydrogen) atoms. The average molecular weight is 316 g/mol. The predicted molar refractivity (Wildman–Crippen MR) is 53.2 cm³/mol. The molecule has 0 saturated heterocycles. The minimum atomic E-state index is -4.11. The van der Waals surface area contributed by atoms with Crippen molar-refractivity contribution in [3.8, 4) is 0 Å². The summed E-state index contributed by atoms with van der Waals surface area (Å²) in [5.74, 6) is 0.579. The van der Waals surface area contributed by atoms with Gasteiger partial charge in [0, 0.05) is 12.8 Å². The van der Waals surface area contributed by atoms with Crippen LogP contribution in [-0.2, 0) is 37.0 Å². The molecule has 0 N–H and O–H groups in total. The fraction of sp³-hybridized carbons (Fsp3) is 0.800. The van der Waals surface area contributed by atoms with E-state index in [2.05, 4.69) is 0 Å². The fourth-order valence-corrected chi connectivity index (χ4v) is 0.704. The third-order valence-electron chi connectivity index (χ3n) is 1.20. The Morgan fingerprint density at radius 2 is 1.00 bits per heavy atom. The number of rotatable bonds is 4. The molecule has 96 valence electrons. The van der Waals surface area contributed by atoms with Gasteiger partial charge in [0.25, 0.3) is 0 Å². The Balaban J connectivity index is -0.000000162. The Kier molecular flexibility index (Phi) is 21.9. The van der Waals surface area contributed by atoms with E-state index in [1.54, 1.807) is 13.8 Å². The van der Waals surface area contributed by atoms with Crippen molar-refractivity contribution in [3.63, 3.8) is 0 Å². The van der Waals surface area contributed by atoms with Crippen molar-refractivity contribution in [2.75, 3.05) is 0 Å². The molecule has 0 amide bonds. The first-order chi connectivity index (χ1) is 7.27. The Morgan fingerprint density at radius 1 is 0.812 bits per heavy atom. The zero-order valence-electron chi connectivity index (χ0n) is 10.3. The Hall–Kier alpha value is -0.572. The summed E-state index contributed by atoms with van der Waals surface area (Å²) in [5, 5.41) is 0. The van der Waals surface area contributed by atoms with Crippen LogP contribution in [0.4, 0.5) is 0 Å². The van der Waals surface area contributed by atoms with Crippen molar-refractivity contribution in [1.29, 1.82) is 0 Å². The summed E-state index contributed by atoms with van der Waals surface area (Å²) in [6, 6.07) is 0. The van der Waals surface area contributed by atoms with Crippen molar-refractivity contribution in [3.05, 3.63) is 0 Å². The number of hydrogen-bond donors (Lipinski definition) is 0. The van der Waals surface area contributed by atoms with Gasteiger partial charge in [-0.1, -0.05) is 13.8 Å². The van der Waals surface area contributed by atoms with Crippen LogP contribution in [0, 0.1) is 0 Å². The molecule has 0 rings (SSSR count). The van der Waals surface area contributed by atoms with Gasteiger partial charge >= 0.3 is 27.4 Å². The normalized spacial score (nSPS) is 7.75. The van der Waals surface area contributed by atoms with Crippen molar-refractivity contribution in [2.45, 2.75) is 53.4 Å². The van der Waals surface area contributed by atoms with Crippen molar-refractivity contribution in [2.24, 2.45) is 0 Å². The number of carbonyl (C=O) groups excluding carboxylic acids is 2. The number of ketones is 2. The molecule has 0 saturated carbocycles. The van der Waals surface area contributed by atoms with Gasteiger partial charge in [-0.25, -0.2) is 0 Å². The zero-order valence-corrected chi connectivity index (χ0v) is 12.3. The first-order valence-corrected chi connectivity index (χ1v) is 7.49. The van der Waals surface area contributed by atoms with Crippen LogP contribution >= 0.6 is 0 Å². The number of hydrogen-bond acceptors (Lipinski definition) is 5. The van der Waals surface area contributed by atoms with Crippen LogP contribution in [-0.4, -0.2) is 11.6 Å². The topological polar surface area (TPSA) is 85.3 Å². The van der Waals surface area contributed by atoms with E-state index < -0.39 is 17.2 Å². The van der Waals surface area contributed by atoms with Gasteiger partial charge in [0.05, 0.1) is 0 Å². The second-order valence-corrected chi connectivity index (χ2v) is 4.11. The molecular formula is C10H20MoO5. The molecule has 0 aromatic rings. The van der Waals surface area contributed by atoms with E-state index >= 15 is 0 Å². The summed E-state index contributed by atoms with van der Waals surface area (Å²) < 4.78 is 25.8. The van der Waals surface area contributed by atoms with Crippen LogP contribution < -0.4 is 0 Å². The first-order valence-electron chi connectivity index (χ1n) is 5.03. The van der Waals surface area contributed by atoms with Crippen molar-refractivity contribution in [1.82, 2.24) is 0 Å². The maximum atomic E-state index is 10.0. The summed E-state index contributed by atoms with van der Waals surface area (Å²) in [4.78, 5) is 20.1. The fourth-order valence-electron chi connectivity index (χ4n) is 0.704. The predicted octanol–water partition coefficient (Wildman–Crippen LogP) is 2.39. The third kappa shape index (κ3) is 70.4. The van der Waals surface area contributed by atoms with Crippen LogP contribution in [0.25, 0.3) is 0 Å². The molecule has 6 heteroatoms.